The lowest BCUT2D eigenvalue weighted by Crippen LogP contribution is -2.51. The third-order valence-corrected chi connectivity index (χ3v) is 9.07. The van der Waals surface area contributed by atoms with Gasteiger partial charge in [-0.1, -0.05) is 30.3 Å². The zero-order valence-corrected chi connectivity index (χ0v) is 28.4. The van der Waals surface area contributed by atoms with Crippen LogP contribution < -0.4 is 20.9 Å². The number of alkyl halides is 3. The number of nitrogens with zero attached hydrogens (tertiary/aromatic N) is 8. The lowest BCUT2D eigenvalue weighted by molar-refractivity contribution is -0.229. The summed E-state index contributed by atoms with van der Waals surface area (Å²) in [5.41, 5.74) is 2.30. The quantitative estimate of drug-likeness (QED) is 0.188. The molecule has 52 heavy (non-hydrogen) atoms. The maximum atomic E-state index is 14.3. The Morgan fingerprint density at radius 2 is 1.83 bits per heavy atom. The van der Waals surface area contributed by atoms with Crippen molar-refractivity contribution in [1.29, 1.82) is 5.26 Å². The average molecular weight is 718 g/mol. The van der Waals surface area contributed by atoms with Gasteiger partial charge in [0.15, 0.2) is 0 Å². The second-order valence-corrected chi connectivity index (χ2v) is 12.8. The van der Waals surface area contributed by atoms with Gasteiger partial charge in [0.05, 0.1) is 18.9 Å². The Balaban J connectivity index is 1.22. The van der Waals surface area contributed by atoms with E-state index >= 15 is 0 Å². The molecule has 1 aromatic carbocycles. The molecular formula is C35H38F3N11O3. The Bertz CT molecular complexity index is 1870. The van der Waals surface area contributed by atoms with Crippen LogP contribution in [0.1, 0.15) is 43.2 Å². The second kappa shape index (κ2) is 16.1. The molecule has 4 aromatic rings. The molecule has 1 saturated heterocycles. The van der Waals surface area contributed by atoms with E-state index in [2.05, 4.69) is 42.1 Å². The number of hydrogen-bond acceptors (Lipinski definition) is 11. The standard InChI is InChI=1S/C35H38F3N11O3/c1-47-22-27(20-44-47)25-7-12-30(41-18-25)49(34(51)48(52-32(50)35(36,37)38)21-23-5-3-2-4-6-23)29-10-8-28(9-11-29)45-33-43-19-26(15-39)31(46-33)42-17-24-13-14-40-16-24/h2-7,12,18-20,22,24,28-29,40H,8-11,13-14,16-17,21H2,1H3,(H2,42,43,45,46). The molecule has 1 aliphatic heterocycles. The van der Waals surface area contributed by atoms with E-state index in [9.17, 15) is 28.0 Å². The number of aryl methyl sites for hydroxylation is 1. The molecule has 1 atom stereocenters. The van der Waals surface area contributed by atoms with Gasteiger partial charge in [0, 0.05) is 49.2 Å². The summed E-state index contributed by atoms with van der Waals surface area (Å²) in [4.78, 5) is 45.8. The molecule has 1 unspecified atom stereocenters. The van der Waals surface area contributed by atoms with Gasteiger partial charge in [0.2, 0.25) is 5.95 Å². The van der Waals surface area contributed by atoms with Crippen molar-refractivity contribution in [1.82, 2.24) is 35.1 Å². The van der Waals surface area contributed by atoms with Crippen LogP contribution in [0.15, 0.2) is 67.3 Å². The third kappa shape index (κ3) is 8.93. The van der Waals surface area contributed by atoms with Gasteiger partial charge in [-0.3, -0.25) is 9.58 Å². The number of aromatic nitrogens is 5. The smallest absolute Gasteiger partial charge is 0.368 e. The van der Waals surface area contributed by atoms with Crippen molar-refractivity contribution in [3.8, 4) is 17.2 Å². The summed E-state index contributed by atoms with van der Waals surface area (Å²) in [5.74, 6) is -1.10. The molecular weight excluding hydrogens is 679 g/mol. The van der Waals surface area contributed by atoms with Gasteiger partial charge in [-0.15, -0.1) is 5.06 Å². The Morgan fingerprint density at radius 3 is 2.46 bits per heavy atom. The molecule has 0 bridgehead atoms. The van der Waals surface area contributed by atoms with E-state index in [1.165, 1.54) is 11.1 Å². The van der Waals surface area contributed by atoms with E-state index in [0.29, 0.717) is 66.1 Å². The topological polar surface area (TPSA) is 166 Å². The molecule has 17 heteroatoms. The van der Waals surface area contributed by atoms with E-state index in [1.54, 1.807) is 72.8 Å². The number of hydrogen-bond donors (Lipinski definition) is 3. The molecule has 3 N–H and O–H groups in total. The number of halogens is 3. The SMILES string of the molecule is Cn1cc(-c2ccc(N(C(=O)N(Cc3ccccc3)OC(=O)C(F)(F)F)C3CCC(Nc4ncc(C#N)c(NCC5CCNC5)n4)CC3)nc2)cn1. The zero-order chi connectivity index (χ0) is 36.7. The van der Waals surface area contributed by atoms with Crippen molar-refractivity contribution < 1.29 is 27.6 Å². The maximum absolute atomic E-state index is 14.3. The summed E-state index contributed by atoms with van der Waals surface area (Å²) in [7, 11) is 1.78. The van der Waals surface area contributed by atoms with Crippen LogP contribution in [0.5, 0.6) is 0 Å². The molecule has 2 amide bonds. The zero-order valence-electron chi connectivity index (χ0n) is 28.4. The first-order valence-electron chi connectivity index (χ1n) is 16.9. The van der Waals surface area contributed by atoms with Gasteiger partial charge in [-0.05, 0) is 68.8 Å². The number of carbonyl (C=O) groups is 2. The number of urea groups is 1. The molecule has 14 nitrogen and oxygen atoms in total. The minimum absolute atomic E-state index is 0.0996. The molecule has 0 radical (unpaired) electrons. The van der Waals surface area contributed by atoms with E-state index < -0.39 is 30.8 Å². The number of rotatable bonds is 10. The summed E-state index contributed by atoms with van der Waals surface area (Å²) in [6.07, 6.45) is 4.14. The van der Waals surface area contributed by atoms with Crippen LogP contribution in [0, 0.1) is 17.2 Å². The van der Waals surface area contributed by atoms with Gasteiger partial charge in [0.1, 0.15) is 23.3 Å². The normalized spacial score (nSPS) is 18.6. The van der Waals surface area contributed by atoms with Crippen LogP contribution in [0.3, 0.4) is 0 Å². The molecule has 272 valence electrons. The molecule has 1 saturated carbocycles. The highest BCUT2D eigenvalue weighted by atomic mass is 19.4. The number of carbonyl (C=O) groups excluding carboxylic acids is 2. The van der Waals surface area contributed by atoms with Gasteiger partial charge < -0.3 is 20.8 Å². The van der Waals surface area contributed by atoms with E-state index in [-0.39, 0.29) is 11.9 Å². The van der Waals surface area contributed by atoms with Crippen LogP contribution in [-0.4, -0.2) is 79.7 Å². The molecule has 3 aromatic heterocycles. The molecule has 2 fully saturated rings. The maximum Gasteiger partial charge on any atom is 0.493 e. The Morgan fingerprint density at radius 1 is 1.04 bits per heavy atom. The van der Waals surface area contributed by atoms with Crippen molar-refractivity contribution in [3.63, 3.8) is 0 Å². The second-order valence-electron chi connectivity index (χ2n) is 12.8. The molecule has 2 aliphatic rings. The predicted octanol–water partition coefficient (Wildman–Crippen LogP) is 5.04. The van der Waals surface area contributed by atoms with Crippen LogP contribution in [0.4, 0.5) is 35.5 Å². The van der Waals surface area contributed by atoms with E-state index in [0.717, 1.165) is 30.6 Å². The van der Waals surface area contributed by atoms with Gasteiger partial charge >= 0.3 is 18.2 Å². The fraction of sp³-hybridized carbons (Fsp3) is 0.400. The first-order valence-corrected chi connectivity index (χ1v) is 16.9. The number of benzene rings is 1. The fourth-order valence-corrected chi connectivity index (χ4v) is 6.33. The number of nitriles is 1. The van der Waals surface area contributed by atoms with Gasteiger partial charge in [-0.2, -0.15) is 28.5 Å². The van der Waals surface area contributed by atoms with Crippen molar-refractivity contribution in [2.24, 2.45) is 13.0 Å². The lowest BCUT2D eigenvalue weighted by atomic mass is 9.90. The van der Waals surface area contributed by atoms with Crippen LogP contribution in [0.2, 0.25) is 0 Å². The number of pyridine rings is 1. The largest absolute Gasteiger partial charge is 0.493 e. The first-order chi connectivity index (χ1) is 25.1. The van der Waals surface area contributed by atoms with Crippen molar-refractivity contribution in [2.45, 2.75) is 56.9 Å². The van der Waals surface area contributed by atoms with Crippen LogP contribution in [-0.2, 0) is 23.2 Å². The van der Waals surface area contributed by atoms with Crippen LogP contribution >= 0.6 is 0 Å². The summed E-state index contributed by atoms with van der Waals surface area (Å²) >= 11 is 0. The van der Waals surface area contributed by atoms with Crippen molar-refractivity contribution in [2.75, 3.05) is 35.2 Å². The highest BCUT2D eigenvalue weighted by molar-refractivity contribution is 5.92. The number of nitrogens with one attached hydrogen (secondary N) is 3. The Labute approximate surface area is 298 Å². The summed E-state index contributed by atoms with van der Waals surface area (Å²) < 4.78 is 41.9. The monoisotopic (exact) mass is 717 g/mol. The lowest BCUT2D eigenvalue weighted by Gasteiger charge is -2.38. The number of amides is 2. The third-order valence-electron chi connectivity index (χ3n) is 9.07. The number of hydroxylamine groups is 2. The molecule has 0 spiro atoms. The van der Waals surface area contributed by atoms with E-state index in [4.69, 9.17) is 4.84 Å². The fourth-order valence-electron chi connectivity index (χ4n) is 6.33. The predicted molar refractivity (Wildman–Crippen MR) is 184 cm³/mol. The highest BCUT2D eigenvalue weighted by Crippen LogP contribution is 2.31. The van der Waals surface area contributed by atoms with Crippen molar-refractivity contribution >= 4 is 29.6 Å². The molecule has 1 aliphatic carbocycles. The minimum Gasteiger partial charge on any atom is -0.368 e. The van der Waals surface area contributed by atoms with Crippen molar-refractivity contribution in [3.05, 3.63) is 78.4 Å². The summed E-state index contributed by atoms with van der Waals surface area (Å²) in [6, 6.07) is 12.2. The summed E-state index contributed by atoms with van der Waals surface area (Å²) in [5, 5.41) is 24.2. The highest BCUT2D eigenvalue weighted by Gasteiger charge is 2.45. The van der Waals surface area contributed by atoms with Crippen LogP contribution in [0.25, 0.3) is 11.1 Å². The minimum atomic E-state index is -5.33. The Hall–Kier alpha value is -5.76. The van der Waals surface area contributed by atoms with Gasteiger partial charge in [0.25, 0.3) is 0 Å². The summed E-state index contributed by atoms with van der Waals surface area (Å²) in [6.45, 7) is 2.10. The average Bonchev–Trinajstić information content (AvgIpc) is 3.84. The number of anilines is 3. The van der Waals surface area contributed by atoms with Gasteiger partial charge in [-0.25, -0.2) is 19.6 Å². The molecule has 4 heterocycles. The van der Waals surface area contributed by atoms with E-state index in [1.807, 2.05) is 0 Å². The molecule has 6 rings (SSSR count). The first kappa shape index (κ1) is 36.0. The Kier molecular flexibility index (Phi) is 11.1.